The van der Waals surface area contributed by atoms with Crippen LogP contribution in [0.1, 0.15) is 23.7 Å². The number of nitrogens with zero attached hydrogens (tertiary/aromatic N) is 1. The van der Waals surface area contributed by atoms with Gasteiger partial charge < -0.3 is 5.32 Å². The van der Waals surface area contributed by atoms with E-state index in [9.17, 15) is 13.2 Å². The molecule has 0 aliphatic carbocycles. The normalized spacial score (nSPS) is 11.3. The SMILES string of the molecule is CCCNC(=O)c1ccc(S(=O)(=O)Nc2cccc3cccnc23)cc1. The second kappa shape index (κ2) is 7.53. The summed E-state index contributed by atoms with van der Waals surface area (Å²) in [4.78, 5) is 16.2. The number of nitrogens with one attached hydrogen (secondary N) is 2. The van der Waals surface area contributed by atoms with Gasteiger partial charge in [-0.3, -0.25) is 14.5 Å². The number of carbonyl (C=O) groups excluding carboxylic acids is 1. The number of rotatable bonds is 6. The van der Waals surface area contributed by atoms with Crippen LogP contribution in [0.3, 0.4) is 0 Å². The molecule has 1 aromatic heterocycles. The Labute approximate surface area is 152 Å². The summed E-state index contributed by atoms with van der Waals surface area (Å²) < 4.78 is 27.9. The topological polar surface area (TPSA) is 88.2 Å². The van der Waals surface area contributed by atoms with Crippen molar-refractivity contribution in [3.8, 4) is 0 Å². The third-order valence-corrected chi connectivity index (χ3v) is 5.22. The van der Waals surface area contributed by atoms with Gasteiger partial charge in [-0.05, 0) is 42.8 Å². The van der Waals surface area contributed by atoms with E-state index in [0.717, 1.165) is 11.8 Å². The van der Waals surface area contributed by atoms with Crippen LogP contribution < -0.4 is 10.0 Å². The van der Waals surface area contributed by atoms with E-state index < -0.39 is 10.0 Å². The molecule has 3 rings (SSSR count). The molecule has 0 saturated heterocycles. The highest BCUT2D eigenvalue weighted by Gasteiger charge is 2.16. The number of aromatic nitrogens is 1. The Bertz CT molecular complexity index is 1030. The molecule has 1 amide bonds. The zero-order valence-corrected chi connectivity index (χ0v) is 15.1. The van der Waals surface area contributed by atoms with Gasteiger partial charge in [0, 0.05) is 23.7 Å². The van der Waals surface area contributed by atoms with Crippen molar-refractivity contribution in [2.45, 2.75) is 18.2 Å². The largest absolute Gasteiger partial charge is 0.352 e. The molecule has 0 spiro atoms. The molecule has 0 aliphatic rings. The second-order valence-corrected chi connectivity index (χ2v) is 7.45. The maximum atomic E-state index is 12.7. The lowest BCUT2D eigenvalue weighted by atomic mass is 10.2. The van der Waals surface area contributed by atoms with E-state index in [1.54, 1.807) is 24.4 Å². The molecule has 26 heavy (non-hydrogen) atoms. The highest BCUT2D eigenvalue weighted by Crippen LogP contribution is 2.23. The number of para-hydroxylation sites is 1. The van der Waals surface area contributed by atoms with Crippen molar-refractivity contribution in [3.05, 3.63) is 66.4 Å². The molecule has 0 radical (unpaired) electrons. The first-order valence-corrected chi connectivity index (χ1v) is 9.74. The van der Waals surface area contributed by atoms with Crippen molar-refractivity contribution in [2.75, 3.05) is 11.3 Å². The molecule has 0 bridgehead atoms. The number of benzene rings is 2. The molecule has 6 nitrogen and oxygen atoms in total. The number of hydrogen-bond acceptors (Lipinski definition) is 4. The summed E-state index contributed by atoms with van der Waals surface area (Å²) in [7, 11) is -3.79. The number of anilines is 1. The minimum absolute atomic E-state index is 0.0810. The predicted octanol–water partition coefficient (Wildman–Crippen LogP) is 3.18. The first kappa shape index (κ1) is 17.9. The molecule has 0 aliphatic heterocycles. The van der Waals surface area contributed by atoms with Crippen molar-refractivity contribution in [3.63, 3.8) is 0 Å². The molecule has 0 atom stereocenters. The van der Waals surface area contributed by atoms with E-state index in [4.69, 9.17) is 0 Å². The van der Waals surface area contributed by atoms with Crippen LogP contribution in [0.25, 0.3) is 10.9 Å². The van der Waals surface area contributed by atoms with Gasteiger partial charge in [0.25, 0.3) is 15.9 Å². The minimum Gasteiger partial charge on any atom is -0.352 e. The Morgan fingerprint density at radius 2 is 1.77 bits per heavy atom. The van der Waals surface area contributed by atoms with Gasteiger partial charge in [0.1, 0.15) is 0 Å². The van der Waals surface area contributed by atoms with Gasteiger partial charge >= 0.3 is 0 Å². The average Bonchev–Trinajstić information content (AvgIpc) is 2.66. The van der Waals surface area contributed by atoms with Crippen LogP contribution in [0.4, 0.5) is 5.69 Å². The first-order chi connectivity index (χ1) is 12.5. The van der Waals surface area contributed by atoms with Gasteiger partial charge in [0.05, 0.1) is 16.1 Å². The fraction of sp³-hybridized carbons (Fsp3) is 0.158. The summed E-state index contributed by atoms with van der Waals surface area (Å²) >= 11 is 0. The zero-order chi connectivity index (χ0) is 18.6. The third-order valence-electron chi connectivity index (χ3n) is 3.84. The maximum absolute atomic E-state index is 12.7. The minimum atomic E-state index is -3.79. The van der Waals surface area contributed by atoms with E-state index in [-0.39, 0.29) is 10.8 Å². The second-order valence-electron chi connectivity index (χ2n) is 5.77. The molecule has 0 unspecified atom stereocenters. The van der Waals surface area contributed by atoms with Crippen molar-refractivity contribution >= 4 is 32.5 Å². The Hall–Kier alpha value is -2.93. The lowest BCUT2D eigenvalue weighted by molar-refractivity contribution is 0.0953. The van der Waals surface area contributed by atoms with Crippen LogP contribution in [-0.4, -0.2) is 25.9 Å². The zero-order valence-electron chi connectivity index (χ0n) is 14.3. The summed E-state index contributed by atoms with van der Waals surface area (Å²) in [5.41, 5.74) is 1.41. The van der Waals surface area contributed by atoms with Crippen LogP contribution in [0, 0.1) is 0 Å². The van der Waals surface area contributed by atoms with Gasteiger partial charge in [-0.1, -0.05) is 25.1 Å². The lowest BCUT2D eigenvalue weighted by Gasteiger charge is -2.10. The summed E-state index contributed by atoms with van der Waals surface area (Å²) in [6, 6.07) is 14.8. The fourth-order valence-corrected chi connectivity index (χ4v) is 3.58. The smallest absolute Gasteiger partial charge is 0.261 e. The Kier molecular flexibility index (Phi) is 5.18. The monoisotopic (exact) mass is 369 g/mol. The third kappa shape index (κ3) is 3.83. The molecular formula is C19H19N3O3S. The van der Waals surface area contributed by atoms with Gasteiger partial charge in [-0.2, -0.15) is 0 Å². The van der Waals surface area contributed by atoms with E-state index in [1.807, 2.05) is 19.1 Å². The number of hydrogen-bond donors (Lipinski definition) is 2. The maximum Gasteiger partial charge on any atom is 0.261 e. The fourth-order valence-electron chi connectivity index (χ4n) is 2.52. The lowest BCUT2D eigenvalue weighted by Crippen LogP contribution is -2.24. The Morgan fingerprint density at radius 3 is 2.50 bits per heavy atom. The van der Waals surface area contributed by atoms with Gasteiger partial charge in [0.2, 0.25) is 0 Å². The summed E-state index contributed by atoms with van der Waals surface area (Å²) in [6.45, 7) is 2.54. The molecule has 3 aromatic rings. The van der Waals surface area contributed by atoms with E-state index in [0.29, 0.717) is 23.3 Å². The summed E-state index contributed by atoms with van der Waals surface area (Å²) in [5, 5.41) is 3.60. The molecule has 0 fully saturated rings. The van der Waals surface area contributed by atoms with Crippen LogP contribution >= 0.6 is 0 Å². The summed E-state index contributed by atoms with van der Waals surface area (Å²) in [6.07, 6.45) is 2.45. The van der Waals surface area contributed by atoms with Crippen LogP contribution in [0.5, 0.6) is 0 Å². The number of fused-ring (bicyclic) bond motifs is 1. The van der Waals surface area contributed by atoms with Crippen molar-refractivity contribution < 1.29 is 13.2 Å². The van der Waals surface area contributed by atoms with Gasteiger partial charge in [-0.15, -0.1) is 0 Å². The standard InChI is InChI=1S/C19H19N3O3S/c1-2-12-21-19(23)15-8-10-16(11-9-15)26(24,25)22-17-7-3-5-14-6-4-13-20-18(14)17/h3-11,13,22H,2,12H2,1H3,(H,21,23). The highest BCUT2D eigenvalue weighted by molar-refractivity contribution is 7.92. The number of carbonyl (C=O) groups is 1. The molecule has 2 aromatic carbocycles. The average molecular weight is 369 g/mol. The van der Waals surface area contributed by atoms with Crippen molar-refractivity contribution in [1.29, 1.82) is 0 Å². The summed E-state index contributed by atoms with van der Waals surface area (Å²) in [5.74, 6) is -0.220. The van der Waals surface area contributed by atoms with Crippen LogP contribution in [0.15, 0.2) is 65.7 Å². The first-order valence-electron chi connectivity index (χ1n) is 8.26. The molecule has 2 N–H and O–H groups in total. The predicted molar refractivity (Wildman–Crippen MR) is 102 cm³/mol. The number of sulfonamides is 1. The highest BCUT2D eigenvalue weighted by atomic mass is 32.2. The van der Waals surface area contributed by atoms with Gasteiger partial charge in [-0.25, -0.2) is 8.42 Å². The van der Waals surface area contributed by atoms with Crippen molar-refractivity contribution in [1.82, 2.24) is 10.3 Å². The van der Waals surface area contributed by atoms with Crippen molar-refractivity contribution in [2.24, 2.45) is 0 Å². The Morgan fingerprint density at radius 1 is 1.04 bits per heavy atom. The van der Waals surface area contributed by atoms with E-state index in [1.165, 1.54) is 24.3 Å². The molecule has 7 heteroatoms. The number of pyridine rings is 1. The molecule has 1 heterocycles. The van der Waals surface area contributed by atoms with Crippen LogP contribution in [0.2, 0.25) is 0 Å². The van der Waals surface area contributed by atoms with E-state index in [2.05, 4.69) is 15.0 Å². The van der Waals surface area contributed by atoms with E-state index >= 15 is 0 Å². The quantitative estimate of drug-likeness (QED) is 0.698. The Balaban J connectivity index is 1.85. The molecule has 134 valence electrons. The molecular weight excluding hydrogens is 350 g/mol. The number of amides is 1. The van der Waals surface area contributed by atoms with Crippen LogP contribution in [-0.2, 0) is 10.0 Å². The van der Waals surface area contributed by atoms with Gasteiger partial charge in [0.15, 0.2) is 0 Å². The molecule has 0 saturated carbocycles.